The topological polar surface area (TPSA) is 65.6 Å². The number of nitrogens with one attached hydrogen (secondary N) is 1. The van der Waals surface area contributed by atoms with Crippen LogP contribution in [0.3, 0.4) is 0 Å². The van der Waals surface area contributed by atoms with Gasteiger partial charge in [-0.05, 0) is 54.7 Å². The number of rotatable bonds is 13. The standard InChI is InChI=1S/C33H39N3O3/c1-4-5-19-35(32(37)21-26-14-16-29(39-3)17-15-26)24-33(38)36(23-27-12-10-25(2)11-13-27)20-18-28-22-34-31-9-7-6-8-30(28)31/h6-17,22,34H,4-5,18-21,23-24H2,1-3H3. The predicted octanol–water partition coefficient (Wildman–Crippen LogP) is 5.93. The van der Waals surface area contributed by atoms with Gasteiger partial charge in [0.2, 0.25) is 11.8 Å². The van der Waals surface area contributed by atoms with E-state index in [1.165, 1.54) is 16.5 Å². The van der Waals surface area contributed by atoms with Crippen LogP contribution >= 0.6 is 0 Å². The van der Waals surface area contributed by atoms with Gasteiger partial charge in [-0.1, -0.05) is 73.5 Å². The molecule has 4 aromatic rings. The highest BCUT2D eigenvalue weighted by Crippen LogP contribution is 2.19. The van der Waals surface area contributed by atoms with E-state index >= 15 is 0 Å². The van der Waals surface area contributed by atoms with Crippen LogP contribution in [0.25, 0.3) is 10.9 Å². The Balaban J connectivity index is 1.49. The third kappa shape index (κ3) is 7.73. The van der Waals surface area contributed by atoms with Gasteiger partial charge in [0.05, 0.1) is 20.1 Å². The first-order valence-electron chi connectivity index (χ1n) is 13.8. The molecule has 0 aliphatic heterocycles. The zero-order valence-electron chi connectivity index (χ0n) is 23.3. The Bertz CT molecular complexity index is 1360. The molecule has 0 aliphatic rings. The number of aryl methyl sites for hydroxylation is 1. The number of benzene rings is 3. The lowest BCUT2D eigenvalue weighted by molar-refractivity contribution is -0.140. The van der Waals surface area contributed by atoms with Crippen LogP contribution in [0.4, 0.5) is 0 Å². The lowest BCUT2D eigenvalue weighted by Crippen LogP contribution is -2.44. The summed E-state index contributed by atoms with van der Waals surface area (Å²) in [5.74, 6) is 0.689. The molecule has 1 aromatic heterocycles. The fourth-order valence-electron chi connectivity index (χ4n) is 4.73. The van der Waals surface area contributed by atoms with Crippen molar-refractivity contribution < 1.29 is 14.3 Å². The number of amides is 2. The molecule has 0 unspecified atom stereocenters. The normalized spacial score (nSPS) is 10.9. The Kier molecular flexibility index (Phi) is 9.79. The summed E-state index contributed by atoms with van der Waals surface area (Å²) in [6, 6.07) is 24.0. The van der Waals surface area contributed by atoms with E-state index in [0.717, 1.165) is 41.7 Å². The van der Waals surface area contributed by atoms with Crippen molar-refractivity contribution in [2.75, 3.05) is 26.7 Å². The number of carbonyl (C=O) groups is 2. The summed E-state index contributed by atoms with van der Waals surface area (Å²) >= 11 is 0. The second-order valence-electron chi connectivity index (χ2n) is 10.1. The fraction of sp³-hybridized carbons (Fsp3) is 0.333. The van der Waals surface area contributed by atoms with Gasteiger partial charge in [0.1, 0.15) is 5.75 Å². The van der Waals surface area contributed by atoms with Crippen molar-refractivity contribution in [3.63, 3.8) is 0 Å². The zero-order valence-corrected chi connectivity index (χ0v) is 23.3. The second kappa shape index (κ2) is 13.7. The van der Waals surface area contributed by atoms with E-state index in [1.54, 1.807) is 12.0 Å². The maximum atomic E-state index is 13.8. The van der Waals surface area contributed by atoms with Crippen molar-refractivity contribution in [1.29, 1.82) is 0 Å². The van der Waals surface area contributed by atoms with Gasteiger partial charge < -0.3 is 19.5 Å². The molecule has 0 aliphatic carbocycles. The van der Waals surface area contributed by atoms with E-state index in [-0.39, 0.29) is 24.8 Å². The first-order chi connectivity index (χ1) is 19.0. The maximum absolute atomic E-state index is 13.8. The third-order valence-corrected chi connectivity index (χ3v) is 7.15. The molecule has 6 heteroatoms. The molecule has 1 N–H and O–H groups in total. The minimum absolute atomic E-state index is 0.0328. The lowest BCUT2D eigenvalue weighted by atomic mass is 10.1. The highest BCUT2D eigenvalue weighted by molar-refractivity contribution is 5.86. The molecular weight excluding hydrogens is 486 g/mol. The summed E-state index contributed by atoms with van der Waals surface area (Å²) in [7, 11) is 1.62. The van der Waals surface area contributed by atoms with Crippen LogP contribution in [0.1, 0.15) is 42.0 Å². The Hall–Kier alpha value is -4.06. The lowest BCUT2D eigenvalue weighted by Gasteiger charge is -2.28. The maximum Gasteiger partial charge on any atom is 0.242 e. The van der Waals surface area contributed by atoms with Crippen molar-refractivity contribution in [1.82, 2.24) is 14.8 Å². The number of carbonyl (C=O) groups excluding carboxylic acids is 2. The number of hydrogen-bond acceptors (Lipinski definition) is 3. The number of para-hydroxylation sites is 1. The van der Waals surface area contributed by atoms with E-state index in [4.69, 9.17) is 4.74 Å². The van der Waals surface area contributed by atoms with Crippen LogP contribution in [-0.4, -0.2) is 53.3 Å². The largest absolute Gasteiger partial charge is 0.497 e. The Morgan fingerprint density at radius 1 is 0.846 bits per heavy atom. The molecule has 0 radical (unpaired) electrons. The first kappa shape index (κ1) is 28.0. The molecule has 0 fully saturated rings. The van der Waals surface area contributed by atoms with Gasteiger partial charge in [-0.2, -0.15) is 0 Å². The Morgan fingerprint density at radius 3 is 2.28 bits per heavy atom. The molecule has 39 heavy (non-hydrogen) atoms. The summed E-state index contributed by atoms with van der Waals surface area (Å²) in [5.41, 5.74) is 5.46. The first-order valence-corrected chi connectivity index (χ1v) is 13.8. The number of ether oxygens (including phenoxy) is 1. The Morgan fingerprint density at radius 2 is 1.56 bits per heavy atom. The molecule has 0 saturated carbocycles. The number of nitrogens with zero attached hydrogens (tertiary/aromatic N) is 2. The van der Waals surface area contributed by atoms with Gasteiger partial charge in [-0.3, -0.25) is 9.59 Å². The second-order valence-corrected chi connectivity index (χ2v) is 10.1. The van der Waals surface area contributed by atoms with Crippen LogP contribution < -0.4 is 4.74 Å². The predicted molar refractivity (Wildman–Crippen MR) is 157 cm³/mol. The molecule has 0 saturated heterocycles. The molecule has 2 amide bonds. The van der Waals surface area contributed by atoms with Crippen molar-refractivity contribution >= 4 is 22.7 Å². The molecule has 0 atom stereocenters. The van der Waals surface area contributed by atoms with E-state index in [1.807, 2.05) is 47.5 Å². The average Bonchev–Trinajstić information content (AvgIpc) is 3.37. The number of methoxy groups -OCH3 is 1. The van der Waals surface area contributed by atoms with Crippen LogP contribution in [0.2, 0.25) is 0 Å². The number of hydrogen-bond donors (Lipinski definition) is 1. The molecule has 204 valence electrons. The Labute approximate surface area is 231 Å². The summed E-state index contributed by atoms with van der Waals surface area (Å²) in [4.78, 5) is 34.1. The van der Waals surface area contributed by atoms with Crippen molar-refractivity contribution in [2.45, 2.75) is 46.1 Å². The number of aromatic amines is 1. The van der Waals surface area contributed by atoms with Gasteiger partial charge in [0.15, 0.2) is 0 Å². The third-order valence-electron chi connectivity index (χ3n) is 7.15. The highest BCUT2D eigenvalue weighted by Gasteiger charge is 2.22. The zero-order chi connectivity index (χ0) is 27.6. The van der Waals surface area contributed by atoms with Gasteiger partial charge >= 0.3 is 0 Å². The van der Waals surface area contributed by atoms with E-state index < -0.39 is 0 Å². The van der Waals surface area contributed by atoms with Crippen LogP contribution in [-0.2, 0) is 29.0 Å². The van der Waals surface area contributed by atoms with Crippen LogP contribution in [0, 0.1) is 6.92 Å². The minimum Gasteiger partial charge on any atom is -0.497 e. The number of fused-ring (bicyclic) bond motifs is 1. The highest BCUT2D eigenvalue weighted by atomic mass is 16.5. The summed E-state index contributed by atoms with van der Waals surface area (Å²) in [5, 5.41) is 1.18. The van der Waals surface area contributed by atoms with Crippen molar-refractivity contribution in [3.8, 4) is 5.75 Å². The fourth-order valence-corrected chi connectivity index (χ4v) is 4.73. The molecule has 0 spiro atoms. The summed E-state index contributed by atoms with van der Waals surface area (Å²) < 4.78 is 5.23. The summed E-state index contributed by atoms with van der Waals surface area (Å²) in [6.07, 6.45) is 4.83. The molecule has 1 heterocycles. The smallest absolute Gasteiger partial charge is 0.242 e. The molecule has 4 rings (SSSR count). The van der Waals surface area contributed by atoms with Gasteiger partial charge in [-0.15, -0.1) is 0 Å². The van der Waals surface area contributed by atoms with Gasteiger partial charge in [0.25, 0.3) is 0 Å². The molecule has 3 aromatic carbocycles. The van der Waals surface area contributed by atoms with Crippen LogP contribution in [0.15, 0.2) is 79.0 Å². The van der Waals surface area contributed by atoms with Crippen molar-refractivity contribution in [2.24, 2.45) is 0 Å². The quantitative estimate of drug-likeness (QED) is 0.235. The number of H-pyrrole nitrogens is 1. The van der Waals surface area contributed by atoms with E-state index in [2.05, 4.69) is 55.2 Å². The monoisotopic (exact) mass is 525 g/mol. The molecule has 0 bridgehead atoms. The van der Waals surface area contributed by atoms with E-state index in [0.29, 0.717) is 19.6 Å². The molecular formula is C33H39N3O3. The summed E-state index contributed by atoms with van der Waals surface area (Å²) in [6.45, 7) is 5.88. The van der Waals surface area contributed by atoms with Gasteiger partial charge in [-0.25, -0.2) is 0 Å². The minimum atomic E-state index is -0.0334. The van der Waals surface area contributed by atoms with E-state index in [9.17, 15) is 9.59 Å². The number of unbranched alkanes of at least 4 members (excludes halogenated alkanes) is 1. The average molecular weight is 526 g/mol. The number of aromatic nitrogens is 1. The van der Waals surface area contributed by atoms with Crippen LogP contribution in [0.5, 0.6) is 5.75 Å². The van der Waals surface area contributed by atoms with Gasteiger partial charge in [0, 0.05) is 36.7 Å². The molecule has 6 nitrogen and oxygen atoms in total. The SMILES string of the molecule is CCCCN(CC(=O)N(CCc1c[nH]c2ccccc12)Cc1ccc(C)cc1)C(=O)Cc1ccc(OC)cc1. The van der Waals surface area contributed by atoms with Crippen molar-refractivity contribution in [3.05, 3.63) is 101 Å².